The lowest BCUT2D eigenvalue weighted by Gasteiger charge is -2.23. The van der Waals surface area contributed by atoms with Crippen LogP contribution in [0.15, 0.2) is 59.5 Å². The third-order valence-corrected chi connectivity index (χ3v) is 5.91. The molecule has 1 saturated heterocycles. The van der Waals surface area contributed by atoms with Crippen molar-refractivity contribution in [3.8, 4) is 0 Å². The molecule has 29 heavy (non-hydrogen) atoms. The average molecular weight is 416 g/mol. The van der Waals surface area contributed by atoms with Gasteiger partial charge in [-0.15, -0.1) is 0 Å². The molecule has 10 heteroatoms. The minimum absolute atomic E-state index is 0.0441. The fourth-order valence-corrected chi connectivity index (χ4v) is 4.17. The van der Waals surface area contributed by atoms with Crippen LogP contribution in [0.5, 0.6) is 0 Å². The van der Waals surface area contributed by atoms with E-state index in [1.54, 1.807) is 30.3 Å². The first-order valence-electron chi connectivity index (χ1n) is 8.46. The molecule has 1 aliphatic heterocycles. The van der Waals surface area contributed by atoms with Gasteiger partial charge in [-0.3, -0.25) is 14.9 Å². The number of rotatable bonds is 5. The lowest BCUT2D eigenvalue weighted by Crippen LogP contribution is -2.52. The highest BCUT2D eigenvalue weighted by atomic mass is 32.2. The standard InChI is InChI=1S/C19H16N2O7S/c22-18-17(10-13-6-8-15(9-7-13)21(24)25)29(26,27)12-16(20-18)19(23)28-11-14-4-2-1-3-5-14/h1-10,16H,11-12H2,(H,20,22)/b17-10-. The van der Waals surface area contributed by atoms with Gasteiger partial charge in [-0.2, -0.15) is 0 Å². The van der Waals surface area contributed by atoms with Crippen molar-refractivity contribution in [3.05, 3.63) is 80.7 Å². The van der Waals surface area contributed by atoms with Gasteiger partial charge < -0.3 is 10.1 Å². The van der Waals surface area contributed by atoms with Crippen molar-refractivity contribution in [1.29, 1.82) is 0 Å². The Morgan fingerprint density at radius 1 is 1.17 bits per heavy atom. The first-order valence-corrected chi connectivity index (χ1v) is 10.1. The van der Waals surface area contributed by atoms with E-state index >= 15 is 0 Å². The molecule has 1 fully saturated rings. The number of amides is 1. The van der Waals surface area contributed by atoms with Crippen LogP contribution in [0.2, 0.25) is 0 Å². The molecule has 1 N–H and O–H groups in total. The summed E-state index contributed by atoms with van der Waals surface area (Å²) in [6.07, 6.45) is 1.11. The zero-order chi connectivity index (χ0) is 21.0. The number of nitrogens with one attached hydrogen (secondary N) is 1. The summed E-state index contributed by atoms with van der Waals surface area (Å²) in [7, 11) is -4.06. The summed E-state index contributed by atoms with van der Waals surface area (Å²) in [4.78, 5) is 34.1. The molecule has 1 amide bonds. The van der Waals surface area contributed by atoms with Crippen LogP contribution in [0.25, 0.3) is 6.08 Å². The van der Waals surface area contributed by atoms with Gasteiger partial charge in [0.15, 0.2) is 9.84 Å². The van der Waals surface area contributed by atoms with E-state index < -0.39 is 43.3 Å². The molecule has 0 bridgehead atoms. The molecule has 0 spiro atoms. The predicted molar refractivity (Wildman–Crippen MR) is 103 cm³/mol. The normalized spacial score (nSPS) is 19.4. The summed E-state index contributed by atoms with van der Waals surface area (Å²) in [5.41, 5.74) is 0.864. The first kappa shape index (κ1) is 20.2. The number of benzene rings is 2. The lowest BCUT2D eigenvalue weighted by atomic mass is 10.2. The third kappa shape index (κ3) is 4.85. The van der Waals surface area contributed by atoms with E-state index in [-0.39, 0.29) is 12.3 Å². The maximum Gasteiger partial charge on any atom is 0.330 e. The highest BCUT2D eigenvalue weighted by molar-refractivity contribution is 7.96. The average Bonchev–Trinajstić information content (AvgIpc) is 2.69. The molecule has 3 rings (SSSR count). The van der Waals surface area contributed by atoms with Gasteiger partial charge in [0.2, 0.25) is 0 Å². The summed E-state index contributed by atoms with van der Waals surface area (Å²) >= 11 is 0. The van der Waals surface area contributed by atoms with E-state index in [1.165, 1.54) is 24.3 Å². The van der Waals surface area contributed by atoms with Crippen LogP contribution in [0.1, 0.15) is 11.1 Å². The van der Waals surface area contributed by atoms with Crippen molar-refractivity contribution in [2.45, 2.75) is 12.6 Å². The van der Waals surface area contributed by atoms with Gasteiger partial charge in [-0.1, -0.05) is 30.3 Å². The Labute approximate surface area is 166 Å². The van der Waals surface area contributed by atoms with Crippen molar-refractivity contribution in [1.82, 2.24) is 5.32 Å². The van der Waals surface area contributed by atoms with Crippen molar-refractivity contribution >= 4 is 33.5 Å². The summed E-state index contributed by atoms with van der Waals surface area (Å²) in [5, 5.41) is 13.0. The number of nitro benzene ring substituents is 1. The zero-order valence-electron chi connectivity index (χ0n) is 15.0. The highest BCUT2D eigenvalue weighted by Crippen LogP contribution is 2.21. The summed E-state index contributed by atoms with van der Waals surface area (Å²) in [6.45, 7) is -0.0441. The Balaban J connectivity index is 1.72. The van der Waals surface area contributed by atoms with Crippen LogP contribution in [0.4, 0.5) is 5.69 Å². The van der Waals surface area contributed by atoms with Gasteiger partial charge in [-0.25, -0.2) is 13.2 Å². The van der Waals surface area contributed by atoms with E-state index in [1.807, 2.05) is 0 Å². The largest absolute Gasteiger partial charge is 0.459 e. The van der Waals surface area contributed by atoms with Crippen molar-refractivity contribution < 1.29 is 27.7 Å². The van der Waals surface area contributed by atoms with Crippen molar-refractivity contribution in [2.24, 2.45) is 0 Å². The molecular formula is C19H16N2O7S. The number of non-ortho nitro benzene ring substituents is 1. The molecule has 0 aromatic heterocycles. The van der Waals surface area contributed by atoms with E-state index in [2.05, 4.69) is 5.32 Å². The molecule has 0 radical (unpaired) electrons. The van der Waals surface area contributed by atoms with Gasteiger partial charge in [0.25, 0.3) is 11.6 Å². The second-order valence-electron chi connectivity index (χ2n) is 6.26. The highest BCUT2D eigenvalue weighted by Gasteiger charge is 2.39. The molecular weight excluding hydrogens is 400 g/mol. The monoisotopic (exact) mass is 416 g/mol. The van der Waals surface area contributed by atoms with E-state index in [4.69, 9.17) is 4.74 Å². The van der Waals surface area contributed by atoms with E-state index in [0.717, 1.165) is 11.6 Å². The molecule has 150 valence electrons. The van der Waals surface area contributed by atoms with E-state index in [9.17, 15) is 28.1 Å². The maximum absolute atomic E-state index is 12.5. The van der Waals surface area contributed by atoms with Crippen LogP contribution in [-0.2, 0) is 30.8 Å². The third-order valence-electron chi connectivity index (χ3n) is 4.16. The number of ether oxygens (including phenoxy) is 1. The number of nitrogens with zero attached hydrogens (tertiary/aromatic N) is 1. The fourth-order valence-electron chi connectivity index (χ4n) is 2.68. The van der Waals surface area contributed by atoms with Gasteiger partial charge in [-0.05, 0) is 29.3 Å². The zero-order valence-corrected chi connectivity index (χ0v) is 15.8. The minimum Gasteiger partial charge on any atom is -0.459 e. The second kappa shape index (κ2) is 8.23. The van der Waals surface area contributed by atoms with Crippen LogP contribution >= 0.6 is 0 Å². The van der Waals surface area contributed by atoms with Crippen LogP contribution in [0.3, 0.4) is 0 Å². The number of esters is 1. The number of hydrogen-bond acceptors (Lipinski definition) is 7. The smallest absolute Gasteiger partial charge is 0.330 e. The molecule has 9 nitrogen and oxygen atoms in total. The first-order chi connectivity index (χ1) is 13.8. The van der Waals surface area contributed by atoms with Gasteiger partial charge in [0.05, 0.1) is 10.7 Å². The molecule has 1 atom stereocenters. The topological polar surface area (TPSA) is 133 Å². The fraction of sp³-hybridized carbons (Fsp3) is 0.158. The molecule has 0 aliphatic carbocycles. The number of hydrogen-bond donors (Lipinski definition) is 1. The summed E-state index contributed by atoms with van der Waals surface area (Å²) in [6, 6.07) is 12.6. The quantitative estimate of drug-likeness (QED) is 0.339. The maximum atomic E-state index is 12.5. The Morgan fingerprint density at radius 2 is 1.83 bits per heavy atom. The van der Waals surface area contributed by atoms with E-state index in [0.29, 0.717) is 5.56 Å². The molecule has 1 heterocycles. The SMILES string of the molecule is O=C1NC(C(=O)OCc2ccccc2)CS(=O)(=O)/C1=C\c1ccc([N+](=O)[O-])cc1. The Hall–Kier alpha value is -3.53. The molecule has 2 aromatic rings. The van der Waals surface area contributed by atoms with Crippen LogP contribution in [-0.4, -0.2) is 37.0 Å². The Bertz CT molecular complexity index is 1080. The number of carbonyl (C=O) groups excluding carboxylic acids is 2. The van der Waals surface area contributed by atoms with Gasteiger partial charge >= 0.3 is 5.97 Å². The lowest BCUT2D eigenvalue weighted by molar-refractivity contribution is -0.384. The van der Waals surface area contributed by atoms with Gasteiger partial charge in [0, 0.05) is 12.1 Å². The Morgan fingerprint density at radius 3 is 2.41 bits per heavy atom. The number of carbonyl (C=O) groups is 2. The minimum atomic E-state index is -4.06. The molecule has 0 saturated carbocycles. The van der Waals surface area contributed by atoms with Crippen molar-refractivity contribution in [3.63, 3.8) is 0 Å². The summed E-state index contributed by atoms with van der Waals surface area (Å²) < 4.78 is 30.1. The predicted octanol–water partition coefficient (Wildman–Crippen LogP) is 1.59. The van der Waals surface area contributed by atoms with Crippen LogP contribution in [0, 0.1) is 10.1 Å². The summed E-state index contributed by atoms with van der Waals surface area (Å²) in [5.74, 6) is -2.41. The Kier molecular flexibility index (Phi) is 5.74. The molecule has 1 aliphatic rings. The number of nitro groups is 1. The van der Waals surface area contributed by atoms with Crippen LogP contribution < -0.4 is 5.32 Å². The van der Waals surface area contributed by atoms with Crippen molar-refractivity contribution in [2.75, 3.05) is 5.75 Å². The molecule has 2 aromatic carbocycles. The number of sulfone groups is 1. The van der Waals surface area contributed by atoms with Gasteiger partial charge in [0.1, 0.15) is 17.6 Å². The molecule has 1 unspecified atom stereocenters. The second-order valence-corrected chi connectivity index (χ2v) is 8.26.